The van der Waals surface area contributed by atoms with Gasteiger partial charge in [0.05, 0.1) is 6.20 Å². The van der Waals surface area contributed by atoms with E-state index < -0.39 is 5.97 Å². The molecule has 1 fully saturated rings. The highest BCUT2D eigenvalue weighted by Gasteiger charge is 2.19. The molecule has 100 valence electrons. The summed E-state index contributed by atoms with van der Waals surface area (Å²) in [5.74, 6) is 1.52. The Kier molecular flexibility index (Phi) is 4.13. The highest BCUT2D eigenvalue weighted by molar-refractivity contribution is 5.87. The molecule has 0 unspecified atom stereocenters. The van der Waals surface area contributed by atoms with E-state index in [0.29, 0.717) is 0 Å². The molecular formula is C12H14N4O3. The summed E-state index contributed by atoms with van der Waals surface area (Å²) < 4.78 is 6.04. The minimum atomic E-state index is -0.641. The quantitative estimate of drug-likeness (QED) is 0.549. The molecule has 2 heterocycles. The number of aromatic nitrogens is 3. The van der Waals surface area contributed by atoms with Gasteiger partial charge in [0.1, 0.15) is 6.54 Å². The lowest BCUT2D eigenvalue weighted by atomic mass is 10.4. The maximum absolute atomic E-state index is 11.9. The number of carbonyl (C=O) groups is 2. The first-order valence-corrected chi connectivity index (χ1v) is 5.99. The molecule has 0 atom stereocenters. The van der Waals surface area contributed by atoms with Gasteiger partial charge in [0.15, 0.2) is 12.3 Å². The van der Waals surface area contributed by atoms with Crippen LogP contribution in [0.2, 0.25) is 0 Å². The Labute approximate surface area is 110 Å². The van der Waals surface area contributed by atoms with Crippen LogP contribution in [0.3, 0.4) is 0 Å². The topological polar surface area (TPSA) is 77.3 Å². The van der Waals surface area contributed by atoms with Gasteiger partial charge in [0, 0.05) is 13.1 Å². The molecule has 0 bridgehead atoms. The summed E-state index contributed by atoms with van der Waals surface area (Å²) in [4.78, 5) is 25.1. The minimum Gasteiger partial charge on any atom is -0.448 e. The molecule has 2 rings (SSSR count). The smallest absolute Gasteiger partial charge is 0.361 e. The van der Waals surface area contributed by atoms with Gasteiger partial charge in [-0.15, -0.1) is 11.5 Å². The van der Waals surface area contributed by atoms with Gasteiger partial charge in [-0.1, -0.05) is 11.1 Å². The van der Waals surface area contributed by atoms with Crippen LogP contribution >= 0.6 is 0 Å². The van der Waals surface area contributed by atoms with Crippen LogP contribution in [0.25, 0.3) is 0 Å². The Morgan fingerprint density at radius 3 is 2.84 bits per heavy atom. The lowest BCUT2D eigenvalue weighted by molar-refractivity contribution is -0.130. The first-order valence-electron chi connectivity index (χ1n) is 5.99. The maximum Gasteiger partial charge on any atom is 0.361 e. The fourth-order valence-corrected chi connectivity index (χ4v) is 1.86. The number of amides is 1. The molecule has 0 aliphatic carbocycles. The van der Waals surface area contributed by atoms with Gasteiger partial charge >= 0.3 is 5.97 Å². The van der Waals surface area contributed by atoms with Crippen LogP contribution in [0.15, 0.2) is 6.20 Å². The van der Waals surface area contributed by atoms with Crippen molar-refractivity contribution in [1.29, 1.82) is 0 Å². The summed E-state index contributed by atoms with van der Waals surface area (Å²) in [5.41, 5.74) is 0.0458. The number of carbonyl (C=O) groups excluding carboxylic acids is 2. The Morgan fingerprint density at radius 2 is 2.16 bits per heavy atom. The van der Waals surface area contributed by atoms with E-state index in [-0.39, 0.29) is 24.8 Å². The van der Waals surface area contributed by atoms with E-state index in [1.165, 1.54) is 10.9 Å². The molecule has 0 N–H and O–H groups in total. The van der Waals surface area contributed by atoms with Crippen molar-refractivity contribution in [2.24, 2.45) is 0 Å². The van der Waals surface area contributed by atoms with Crippen LogP contribution in [0, 0.1) is 12.3 Å². The summed E-state index contributed by atoms with van der Waals surface area (Å²) in [7, 11) is 0. The van der Waals surface area contributed by atoms with E-state index in [2.05, 4.69) is 16.2 Å². The van der Waals surface area contributed by atoms with Crippen LogP contribution < -0.4 is 0 Å². The average Bonchev–Trinajstić information content (AvgIpc) is 3.06. The lowest BCUT2D eigenvalue weighted by Gasteiger charge is -2.14. The SMILES string of the molecule is C#CCOC(=O)c1cn(CC(=O)N2CCCC2)nn1. The largest absolute Gasteiger partial charge is 0.448 e. The number of hydrogen-bond acceptors (Lipinski definition) is 5. The molecule has 7 heteroatoms. The number of esters is 1. The Balaban J connectivity index is 1.91. The number of terminal acetylenes is 1. The van der Waals surface area contributed by atoms with Gasteiger partial charge in [-0.3, -0.25) is 4.79 Å². The van der Waals surface area contributed by atoms with Crippen LogP contribution in [-0.4, -0.2) is 51.5 Å². The Morgan fingerprint density at radius 1 is 1.42 bits per heavy atom. The second kappa shape index (κ2) is 6.00. The molecule has 1 amide bonds. The lowest BCUT2D eigenvalue weighted by Crippen LogP contribution is -2.31. The molecule has 1 aliphatic rings. The Bertz CT molecular complexity index is 511. The number of hydrogen-bond donors (Lipinski definition) is 0. The third kappa shape index (κ3) is 3.31. The van der Waals surface area contributed by atoms with Gasteiger partial charge < -0.3 is 9.64 Å². The Hall–Kier alpha value is -2.36. The highest BCUT2D eigenvalue weighted by atomic mass is 16.5. The van der Waals surface area contributed by atoms with E-state index in [1.54, 1.807) is 4.90 Å². The van der Waals surface area contributed by atoms with Crippen LogP contribution in [0.1, 0.15) is 23.3 Å². The number of likely N-dealkylation sites (tertiary alicyclic amines) is 1. The molecule has 1 saturated heterocycles. The summed E-state index contributed by atoms with van der Waals surface area (Å²) >= 11 is 0. The van der Waals surface area contributed by atoms with E-state index in [4.69, 9.17) is 11.2 Å². The average molecular weight is 262 g/mol. The summed E-state index contributed by atoms with van der Waals surface area (Å²) in [5, 5.41) is 7.37. The van der Waals surface area contributed by atoms with Crippen molar-refractivity contribution < 1.29 is 14.3 Å². The fraction of sp³-hybridized carbons (Fsp3) is 0.500. The second-order valence-corrected chi connectivity index (χ2v) is 4.17. The summed E-state index contributed by atoms with van der Waals surface area (Å²) in [6.45, 7) is 1.53. The third-order valence-electron chi connectivity index (χ3n) is 2.79. The fourth-order valence-electron chi connectivity index (χ4n) is 1.86. The van der Waals surface area contributed by atoms with Crippen LogP contribution in [0.4, 0.5) is 0 Å². The van der Waals surface area contributed by atoms with Gasteiger partial charge in [0.25, 0.3) is 0 Å². The standard InChI is InChI=1S/C12H14N4O3/c1-2-7-19-12(18)10-8-16(14-13-10)9-11(17)15-5-3-4-6-15/h1,8H,3-7,9H2. The molecule has 0 radical (unpaired) electrons. The molecule has 0 saturated carbocycles. The molecule has 0 aromatic carbocycles. The van der Waals surface area contributed by atoms with E-state index >= 15 is 0 Å². The summed E-state index contributed by atoms with van der Waals surface area (Å²) in [6.07, 6.45) is 8.43. The molecule has 19 heavy (non-hydrogen) atoms. The van der Waals surface area contributed by atoms with Gasteiger partial charge in [-0.25, -0.2) is 9.48 Å². The zero-order valence-electron chi connectivity index (χ0n) is 10.4. The first-order chi connectivity index (χ1) is 9.20. The zero-order valence-corrected chi connectivity index (χ0v) is 10.4. The van der Waals surface area contributed by atoms with Crippen molar-refractivity contribution in [3.63, 3.8) is 0 Å². The van der Waals surface area contributed by atoms with Crippen molar-refractivity contribution in [3.05, 3.63) is 11.9 Å². The predicted octanol–water partition coefficient (Wildman–Crippen LogP) is -0.310. The van der Waals surface area contributed by atoms with Crippen LogP contribution in [0.5, 0.6) is 0 Å². The number of nitrogens with zero attached hydrogens (tertiary/aromatic N) is 4. The van der Waals surface area contributed by atoms with Crippen molar-refractivity contribution in [3.8, 4) is 12.3 Å². The zero-order chi connectivity index (χ0) is 13.7. The minimum absolute atomic E-state index is 0.0223. The van der Waals surface area contributed by atoms with E-state index in [0.717, 1.165) is 25.9 Å². The van der Waals surface area contributed by atoms with Gasteiger partial charge in [-0.2, -0.15) is 0 Å². The van der Waals surface area contributed by atoms with Crippen molar-refractivity contribution in [1.82, 2.24) is 19.9 Å². The molecule has 7 nitrogen and oxygen atoms in total. The molecular weight excluding hydrogens is 248 g/mol. The van der Waals surface area contributed by atoms with Gasteiger partial charge in [-0.05, 0) is 12.8 Å². The number of ether oxygens (including phenoxy) is 1. The second-order valence-electron chi connectivity index (χ2n) is 4.17. The molecule has 1 aromatic heterocycles. The normalized spacial score (nSPS) is 14.2. The molecule has 0 spiro atoms. The van der Waals surface area contributed by atoms with Crippen LogP contribution in [-0.2, 0) is 16.1 Å². The van der Waals surface area contributed by atoms with Gasteiger partial charge in [0.2, 0.25) is 5.91 Å². The van der Waals surface area contributed by atoms with Crippen molar-refractivity contribution >= 4 is 11.9 Å². The van der Waals surface area contributed by atoms with E-state index in [9.17, 15) is 9.59 Å². The summed E-state index contributed by atoms with van der Waals surface area (Å²) in [6, 6.07) is 0. The molecule has 1 aliphatic heterocycles. The number of rotatable bonds is 4. The first kappa shape index (κ1) is 13.1. The monoisotopic (exact) mass is 262 g/mol. The molecule has 1 aromatic rings. The maximum atomic E-state index is 11.9. The third-order valence-corrected chi connectivity index (χ3v) is 2.79. The van der Waals surface area contributed by atoms with E-state index in [1.807, 2.05) is 0 Å². The van der Waals surface area contributed by atoms with Crippen molar-refractivity contribution in [2.45, 2.75) is 19.4 Å². The van der Waals surface area contributed by atoms with Crippen molar-refractivity contribution in [2.75, 3.05) is 19.7 Å². The highest BCUT2D eigenvalue weighted by Crippen LogP contribution is 2.08. The predicted molar refractivity (Wildman–Crippen MR) is 65.0 cm³/mol.